The third-order valence-electron chi connectivity index (χ3n) is 3.39. The number of nitrogens with zero attached hydrogens (tertiary/aromatic N) is 1. The van der Waals surface area contributed by atoms with E-state index in [2.05, 4.69) is 15.6 Å². The minimum absolute atomic E-state index is 0. The molecule has 0 saturated heterocycles. The summed E-state index contributed by atoms with van der Waals surface area (Å²) in [7, 11) is 3.26. The Labute approximate surface area is 175 Å². The quantitative estimate of drug-likeness (QED) is 0.348. The van der Waals surface area contributed by atoms with E-state index in [0.29, 0.717) is 30.6 Å². The van der Waals surface area contributed by atoms with Crippen LogP contribution in [-0.4, -0.2) is 26.7 Å². The van der Waals surface area contributed by atoms with E-state index in [9.17, 15) is 4.39 Å². The molecule has 0 spiro atoms. The number of hydrogen-bond donors (Lipinski definition) is 2. The summed E-state index contributed by atoms with van der Waals surface area (Å²) in [5.41, 5.74) is 1.64. The number of ether oxygens (including phenoxy) is 2. The van der Waals surface area contributed by atoms with Crippen molar-refractivity contribution in [3.05, 3.63) is 52.8 Å². The van der Waals surface area contributed by atoms with Gasteiger partial charge in [-0.05, 0) is 36.8 Å². The summed E-state index contributed by atoms with van der Waals surface area (Å²) in [6, 6.07) is 10.1. The molecule has 5 nitrogen and oxygen atoms in total. The van der Waals surface area contributed by atoms with Crippen LogP contribution < -0.4 is 20.1 Å². The van der Waals surface area contributed by atoms with Crippen molar-refractivity contribution in [1.82, 2.24) is 5.32 Å². The van der Waals surface area contributed by atoms with Crippen LogP contribution in [0.3, 0.4) is 0 Å². The van der Waals surface area contributed by atoms with Crippen molar-refractivity contribution in [2.24, 2.45) is 4.99 Å². The zero-order valence-corrected chi connectivity index (χ0v) is 17.9. The summed E-state index contributed by atoms with van der Waals surface area (Å²) in [6.07, 6.45) is 0. The Bertz CT molecular complexity index is 759. The number of anilines is 1. The molecule has 0 radical (unpaired) electrons. The number of guanidine groups is 1. The van der Waals surface area contributed by atoms with Gasteiger partial charge in [0.15, 0.2) is 17.5 Å². The van der Waals surface area contributed by atoms with Gasteiger partial charge in [-0.15, -0.1) is 24.0 Å². The van der Waals surface area contributed by atoms with Gasteiger partial charge in [-0.2, -0.15) is 0 Å². The number of rotatable bonds is 6. The summed E-state index contributed by atoms with van der Waals surface area (Å²) >= 11 is 5.79. The Hall–Kier alpha value is -1.74. The number of benzene rings is 2. The Balaban J connectivity index is 0.00000338. The molecule has 0 heterocycles. The third kappa shape index (κ3) is 6.21. The smallest absolute Gasteiger partial charge is 0.195 e. The summed E-state index contributed by atoms with van der Waals surface area (Å²) in [5, 5.41) is 6.40. The van der Waals surface area contributed by atoms with Crippen molar-refractivity contribution in [2.75, 3.05) is 26.1 Å². The standard InChI is InChI=1S/C18H21ClFN3O2.HI/c1-4-25-16-8-6-13(10-17(16)24-3)23-18(21-2)22-11-12-5-7-15(20)14(19)9-12;/h5-10H,4,11H2,1-3H3,(H2,21,22,23);1H. The van der Waals surface area contributed by atoms with Gasteiger partial charge in [0.1, 0.15) is 5.82 Å². The Morgan fingerprint density at radius 1 is 1.19 bits per heavy atom. The summed E-state index contributed by atoms with van der Waals surface area (Å²) in [4.78, 5) is 4.17. The number of halogens is 3. The normalized spacial score (nSPS) is 10.7. The predicted octanol–water partition coefficient (Wildman–Crippen LogP) is 4.69. The molecular weight excluding hydrogens is 472 g/mol. The highest BCUT2D eigenvalue weighted by atomic mass is 127. The van der Waals surface area contributed by atoms with Crippen LogP contribution in [0.15, 0.2) is 41.4 Å². The fourth-order valence-corrected chi connectivity index (χ4v) is 2.37. The summed E-state index contributed by atoms with van der Waals surface area (Å²) < 4.78 is 24.0. The molecule has 0 aliphatic heterocycles. The highest BCUT2D eigenvalue weighted by Gasteiger charge is 2.07. The van der Waals surface area contributed by atoms with Gasteiger partial charge in [-0.1, -0.05) is 17.7 Å². The van der Waals surface area contributed by atoms with Crippen LogP contribution in [0.4, 0.5) is 10.1 Å². The van der Waals surface area contributed by atoms with E-state index in [1.54, 1.807) is 26.3 Å². The van der Waals surface area contributed by atoms with Gasteiger partial charge in [0.25, 0.3) is 0 Å². The van der Waals surface area contributed by atoms with E-state index in [1.807, 2.05) is 25.1 Å². The van der Waals surface area contributed by atoms with E-state index < -0.39 is 5.82 Å². The van der Waals surface area contributed by atoms with Gasteiger partial charge < -0.3 is 20.1 Å². The van der Waals surface area contributed by atoms with Gasteiger partial charge >= 0.3 is 0 Å². The van der Waals surface area contributed by atoms with Gasteiger partial charge in [0, 0.05) is 25.3 Å². The van der Waals surface area contributed by atoms with Crippen molar-refractivity contribution in [3.8, 4) is 11.5 Å². The molecule has 0 amide bonds. The SMILES string of the molecule is CCOc1ccc(NC(=NC)NCc2ccc(F)c(Cl)c2)cc1OC.I. The molecule has 2 N–H and O–H groups in total. The van der Waals surface area contributed by atoms with E-state index in [4.69, 9.17) is 21.1 Å². The molecule has 2 rings (SSSR count). The average molecular weight is 494 g/mol. The first-order valence-electron chi connectivity index (χ1n) is 7.79. The van der Waals surface area contributed by atoms with E-state index >= 15 is 0 Å². The Kier molecular flexibility index (Phi) is 9.50. The molecule has 2 aromatic rings. The first-order chi connectivity index (χ1) is 12.1. The molecule has 0 aliphatic carbocycles. The minimum atomic E-state index is -0.436. The molecule has 0 unspecified atom stereocenters. The van der Waals surface area contributed by atoms with Gasteiger partial charge in [-0.25, -0.2) is 4.39 Å². The third-order valence-corrected chi connectivity index (χ3v) is 3.68. The van der Waals surface area contributed by atoms with Crippen LogP contribution >= 0.6 is 35.6 Å². The molecule has 142 valence electrons. The Morgan fingerprint density at radius 3 is 2.58 bits per heavy atom. The molecule has 26 heavy (non-hydrogen) atoms. The van der Waals surface area contributed by atoms with Crippen LogP contribution in [0, 0.1) is 5.82 Å². The molecule has 0 bridgehead atoms. The molecule has 0 aromatic heterocycles. The van der Waals surface area contributed by atoms with Crippen LogP contribution in [0.1, 0.15) is 12.5 Å². The van der Waals surface area contributed by atoms with Gasteiger partial charge in [-0.3, -0.25) is 4.99 Å². The van der Waals surface area contributed by atoms with Crippen molar-refractivity contribution < 1.29 is 13.9 Å². The first-order valence-corrected chi connectivity index (χ1v) is 8.17. The summed E-state index contributed by atoms with van der Waals surface area (Å²) in [6.45, 7) is 2.93. The van der Waals surface area contributed by atoms with Crippen LogP contribution in [0.25, 0.3) is 0 Å². The molecule has 0 aliphatic rings. The largest absolute Gasteiger partial charge is 0.493 e. The molecule has 2 aromatic carbocycles. The fraction of sp³-hybridized carbons (Fsp3) is 0.278. The maximum Gasteiger partial charge on any atom is 0.195 e. The highest BCUT2D eigenvalue weighted by Crippen LogP contribution is 2.30. The van der Waals surface area contributed by atoms with E-state index in [1.165, 1.54) is 6.07 Å². The zero-order chi connectivity index (χ0) is 18.2. The molecule has 8 heteroatoms. The van der Waals surface area contributed by atoms with E-state index in [-0.39, 0.29) is 29.0 Å². The maximum absolute atomic E-state index is 13.2. The minimum Gasteiger partial charge on any atom is -0.493 e. The lowest BCUT2D eigenvalue weighted by Gasteiger charge is -2.14. The molecule has 0 atom stereocenters. The van der Waals surface area contributed by atoms with Crippen molar-refractivity contribution in [1.29, 1.82) is 0 Å². The lowest BCUT2D eigenvalue weighted by molar-refractivity contribution is 0.311. The zero-order valence-electron chi connectivity index (χ0n) is 14.8. The number of aliphatic imine (C=N–C) groups is 1. The number of methoxy groups -OCH3 is 1. The van der Waals surface area contributed by atoms with Crippen molar-refractivity contribution in [3.63, 3.8) is 0 Å². The van der Waals surface area contributed by atoms with Gasteiger partial charge in [0.2, 0.25) is 0 Å². The van der Waals surface area contributed by atoms with Gasteiger partial charge in [0.05, 0.1) is 18.7 Å². The number of hydrogen-bond acceptors (Lipinski definition) is 3. The number of nitrogens with one attached hydrogen (secondary N) is 2. The summed E-state index contributed by atoms with van der Waals surface area (Å²) in [5.74, 6) is 1.44. The maximum atomic E-state index is 13.2. The fourth-order valence-electron chi connectivity index (χ4n) is 2.17. The second-order valence-corrected chi connectivity index (χ2v) is 5.51. The van der Waals surface area contributed by atoms with Crippen LogP contribution in [-0.2, 0) is 6.54 Å². The Morgan fingerprint density at radius 2 is 1.96 bits per heavy atom. The lowest BCUT2D eigenvalue weighted by Crippen LogP contribution is -2.30. The lowest BCUT2D eigenvalue weighted by atomic mass is 10.2. The highest BCUT2D eigenvalue weighted by molar-refractivity contribution is 14.0. The van der Waals surface area contributed by atoms with Crippen LogP contribution in [0.5, 0.6) is 11.5 Å². The van der Waals surface area contributed by atoms with Crippen molar-refractivity contribution in [2.45, 2.75) is 13.5 Å². The van der Waals surface area contributed by atoms with Crippen molar-refractivity contribution >= 4 is 47.2 Å². The second kappa shape index (κ2) is 11.1. The second-order valence-electron chi connectivity index (χ2n) is 5.10. The topological polar surface area (TPSA) is 54.9 Å². The average Bonchev–Trinajstić information content (AvgIpc) is 2.62. The molecular formula is C18H22ClFIN3O2. The first kappa shape index (κ1) is 22.3. The molecule has 0 fully saturated rings. The van der Waals surface area contributed by atoms with Crippen LogP contribution in [0.2, 0.25) is 5.02 Å². The monoisotopic (exact) mass is 493 g/mol. The predicted molar refractivity (Wildman–Crippen MR) is 115 cm³/mol. The van der Waals surface area contributed by atoms with E-state index in [0.717, 1.165) is 11.3 Å². The molecule has 0 saturated carbocycles.